The minimum absolute atomic E-state index is 0.130. The van der Waals surface area contributed by atoms with Gasteiger partial charge in [0.1, 0.15) is 90.3 Å². The fourth-order valence-electron chi connectivity index (χ4n) is 13.3. The number of benzene rings is 3. The van der Waals surface area contributed by atoms with E-state index < -0.39 is 292 Å². The summed E-state index contributed by atoms with van der Waals surface area (Å²) in [7, 11) is 0. The van der Waals surface area contributed by atoms with Gasteiger partial charge in [0, 0.05) is 115 Å². The van der Waals surface area contributed by atoms with Crippen LogP contribution in [0.3, 0.4) is 0 Å². The van der Waals surface area contributed by atoms with E-state index in [-0.39, 0.29) is 29.3 Å². The number of para-hydroxylation sites is 2. The Morgan fingerprint density at radius 2 is 0.782 bits per heavy atom. The van der Waals surface area contributed by atoms with E-state index in [2.05, 4.69) is 140 Å². The number of H-pyrrole nitrogens is 4. The number of aromatic amines is 4. The van der Waals surface area contributed by atoms with Gasteiger partial charge in [-0.15, -0.1) is 0 Å². The number of phenols is 1. The van der Waals surface area contributed by atoms with Crippen LogP contribution in [0.25, 0.3) is 21.8 Å². The summed E-state index contributed by atoms with van der Waals surface area (Å²) >= 11 is 8.46. The zero-order chi connectivity index (χ0) is 97.9. The second-order valence-corrected chi connectivity index (χ2v) is 31.6. The number of aromatic nitrogens is 6. The van der Waals surface area contributed by atoms with Gasteiger partial charge in [-0.3, -0.25) is 95.9 Å². The number of amides is 18. The second-order valence-electron chi connectivity index (χ2n) is 30.8. The molecule has 0 aliphatic heterocycles. The molecule has 49 nitrogen and oxygen atoms in total. The summed E-state index contributed by atoms with van der Waals surface area (Å²) in [6.07, 6.45) is 2.28. The first kappa shape index (κ1) is 105. The highest BCUT2D eigenvalue weighted by Gasteiger charge is 2.40. The lowest BCUT2D eigenvalue weighted by atomic mass is 9.99. The number of phenolic OH excluding ortho intramolecular Hbond substituents is 1. The molecule has 3 aromatic carbocycles. The Morgan fingerprint density at radius 3 is 1.23 bits per heavy atom. The highest BCUT2D eigenvalue weighted by molar-refractivity contribution is 7.80. The molecule has 18 amide bonds. The number of primary amides is 2. The molecule has 0 aliphatic carbocycles. The number of carbonyl (C=O) groups is 20. The predicted octanol–water partition coefficient (Wildman–Crippen LogP) is -8.43. The van der Waals surface area contributed by atoms with Crippen LogP contribution < -0.4 is 96.5 Å². The molecular weight excluding hydrogens is 1790 g/mol. The molecule has 7 aromatic rings. The Labute approximate surface area is 767 Å². The van der Waals surface area contributed by atoms with Crippen molar-refractivity contribution in [1.29, 1.82) is 0 Å². The van der Waals surface area contributed by atoms with Gasteiger partial charge in [-0.05, 0) is 60.2 Å². The third-order valence-corrected chi connectivity index (χ3v) is 21.0. The molecule has 0 aliphatic rings. The molecule has 0 saturated carbocycles. The monoisotopic (exact) mass is 1890 g/mol. The van der Waals surface area contributed by atoms with Gasteiger partial charge in [0.25, 0.3) is 0 Å². The summed E-state index contributed by atoms with van der Waals surface area (Å²) in [5.41, 5.74) is 13.3. The van der Waals surface area contributed by atoms with Gasteiger partial charge in [0.2, 0.25) is 106 Å². The van der Waals surface area contributed by atoms with Crippen LogP contribution >= 0.6 is 25.3 Å². The number of aliphatic hydroxyl groups excluding tert-OH is 2. The van der Waals surface area contributed by atoms with Crippen LogP contribution in [0.4, 0.5) is 0 Å². The van der Waals surface area contributed by atoms with E-state index in [1.165, 1.54) is 76.3 Å². The second kappa shape index (κ2) is 51.4. The molecule has 0 radical (unpaired) electrons. The smallest absolute Gasteiger partial charge is 0.305 e. The summed E-state index contributed by atoms with van der Waals surface area (Å²) in [5, 5.41) is 89.1. The Hall–Kier alpha value is -15.0. The zero-order valence-electron chi connectivity index (χ0n) is 72.0. The number of rotatable bonds is 54. The number of hydrogen-bond acceptors (Lipinski definition) is 27. The van der Waals surface area contributed by atoms with E-state index in [0.717, 1.165) is 6.92 Å². The molecule has 0 fully saturated rings. The van der Waals surface area contributed by atoms with Crippen molar-refractivity contribution in [2.24, 2.45) is 17.4 Å². The van der Waals surface area contributed by atoms with Crippen molar-refractivity contribution < 1.29 is 121 Å². The van der Waals surface area contributed by atoms with Crippen LogP contribution in [-0.4, -0.2) is 296 Å². The number of nitrogens with two attached hydrogens (primary N) is 2. The van der Waals surface area contributed by atoms with Gasteiger partial charge in [0.15, 0.2) is 0 Å². The number of carboxylic acid groups (broad SMARTS) is 2. The first-order valence-electron chi connectivity index (χ1n) is 41.2. The van der Waals surface area contributed by atoms with Crippen molar-refractivity contribution in [3.63, 3.8) is 0 Å². The molecular formula is C82H106N24O25S2. The van der Waals surface area contributed by atoms with Crippen molar-refractivity contribution in [2.75, 3.05) is 37.8 Å². The lowest BCUT2D eigenvalue weighted by Crippen LogP contribution is -2.62. The van der Waals surface area contributed by atoms with Crippen LogP contribution in [0.15, 0.2) is 110 Å². The Kier molecular flexibility index (Phi) is 40.6. The highest BCUT2D eigenvalue weighted by Crippen LogP contribution is 2.23. The molecule has 29 N–H and O–H groups in total. The number of aromatic hydroxyl groups is 1. The van der Waals surface area contributed by atoms with Crippen LogP contribution in [0.1, 0.15) is 81.5 Å². The van der Waals surface area contributed by atoms with Crippen LogP contribution in [0.5, 0.6) is 5.75 Å². The molecule has 4 heterocycles. The maximum Gasteiger partial charge on any atom is 0.305 e. The number of imidazole rings is 2. The van der Waals surface area contributed by atoms with E-state index in [1.54, 1.807) is 54.7 Å². The van der Waals surface area contributed by atoms with Crippen LogP contribution in [0, 0.1) is 5.92 Å². The molecule has 7 rings (SSSR count). The number of fused-ring (bicyclic) bond motifs is 2. The molecule has 51 heteroatoms. The number of aliphatic carboxylic acids is 2. The number of thiol groups is 2. The minimum atomic E-state index is -2.04. The summed E-state index contributed by atoms with van der Waals surface area (Å²) in [6, 6.07) is -5.13. The lowest BCUT2D eigenvalue weighted by Gasteiger charge is -2.29. The Balaban J connectivity index is 1.12. The van der Waals surface area contributed by atoms with Gasteiger partial charge in [-0.2, -0.15) is 25.3 Å². The third kappa shape index (κ3) is 33.2. The maximum absolute atomic E-state index is 15.4. The summed E-state index contributed by atoms with van der Waals surface area (Å²) in [4.78, 5) is 292. The number of nitrogens with zero attached hydrogens (tertiary/aromatic N) is 2. The Bertz CT molecular complexity index is 5330. The van der Waals surface area contributed by atoms with Crippen molar-refractivity contribution >= 4 is 165 Å². The van der Waals surface area contributed by atoms with Gasteiger partial charge >= 0.3 is 11.9 Å². The number of nitrogens with one attached hydrogen (secondary N) is 20. The van der Waals surface area contributed by atoms with E-state index in [1.807, 2.05) is 0 Å². The highest BCUT2D eigenvalue weighted by atomic mass is 32.1. The standard InChI is InChI=1S/C82H106N24O25S2/c1-38(2)68(106-78(127)54(21-43-27-88-50-12-8-6-10-48(43)50)100-77(126)58(25-67(116)117)97-69(118)39(3)93-80(129)61(34-132)94-40(4)109)82(131)105-62(35-133)81(130)98-52(19-41-13-15-46(110)16-14-41)72(121)99-53(20-42-26-87-49-11-7-5-9-47(42)49)73(122)101-55(22-44-28-85-36-91-44)74(123)103-57(24-63(83)111)76(125)102-56(23-45-29-86-37-92-45)75(124)104-60(33-108)79(128)96-51(17-18-66(114)115)70(119)90-31-65(113)95-59(32-107)71(120)89-30-64(84)112/h5-16,26-29,36-39,51-62,68,87-88,107-108,110,132-133H,17-25,30-35H2,1-4H3,(H2,83,111)(H2,84,112)(H,85,91)(H,86,92)(H,89,120)(H,90,119)(H,93,129)(H,94,109)(H,95,113)(H,96,128)(H,97,118)(H,98,130)(H,99,121)(H,100,126)(H,101,122)(H,102,125)(H,103,123)(H,104,124)(H,105,131)(H,106,127)(H,114,115)(H,116,117)/t39-,51-,52-,53-,54-,55-,56-,57-,58-,59-,60-,61-,62-,68-/m0/s1. The van der Waals surface area contributed by atoms with Crippen molar-refractivity contribution in [3.05, 3.63) is 138 Å². The zero-order valence-corrected chi connectivity index (χ0v) is 73.8. The average molecular weight is 1890 g/mol. The minimum Gasteiger partial charge on any atom is -0.508 e. The number of hydrogen-bond donors (Lipinski definition) is 29. The first-order valence-corrected chi connectivity index (χ1v) is 42.5. The van der Waals surface area contributed by atoms with Crippen LogP contribution in [-0.2, 0) is 128 Å². The average Bonchev–Trinajstić information content (AvgIpc) is 1.84. The molecule has 0 bridgehead atoms. The van der Waals surface area contributed by atoms with Crippen molar-refractivity contribution in [2.45, 2.75) is 170 Å². The molecule has 133 heavy (non-hydrogen) atoms. The van der Waals surface area contributed by atoms with Gasteiger partial charge < -0.3 is 142 Å². The molecule has 0 saturated heterocycles. The topological polar surface area (TPSA) is 776 Å². The SMILES string of the molecule is CC(=O)N[C@@H](CS)C(=O)N[C@@H](C)C(=O)N[C@@H](CC(=O)O)C(=O)N[C@@H](Cc1c[nH]c2ccccc12)C(=O)N[C@H](C(=O)N[C@@H](CS)C(=O)N[C@@H](Cc1ccc(O)cc1)C(=O)N[C@@H](Cc1c[nH]c2ccccc12)C(=O)N[C@@H](Cc1cnc[nH]1)C(=O)N[C@@H](CC(N)=O)C(=O)N[C@@H](Cc1cnc[nH]1)C(=O)N[C@@H](CO)C(=O)N[C@@H](CCC(=O)O)C(=O)NCC(=O)N[C@@H](CO)C(=O)NCC(N)=O)C(C)C. The van der Waals surface area contributed by atoms with Gasteiger partial charge in [0.05, 0.1) is 51.8 Å². The summed E-state index contributed by atoms with van der Waals surface area (Å²) in [6.45, 7) is 1.57. The molecule has 0 spiro atoms. The normalized spacial score (nSPS) is 14.3. The quantitative estimate of drug-likeness (QED) is 0.0157. The van der Waals surface area contributed by atoms with Crippen molar-refractivity contribution in [3.8, 4) is 5.75 Å². The number of carbonyl (C=O) groups excluding carboxylic acids is 18. The summed E-state index contributed by atoms with van der Waals surface area (Å²) in [5.74, 6) is -24.5. The number of carboxylic acids is 2. The van der Waals surface area contributed by atoms with Crippen LogP contribution in [0.2, 0.25) is 0 Å². The molecule has 14 atom stereocenters. The molecule has 0 unspecified atom stereocenters. The largest absolute Gasteiger partial charge is 0.508 e. The third-order valence-electron chi connectivity index (χ3n) is 20.2. The Morgan fingerprint density at radius 1 is 0.391 bits per heavy atom. The van der Waals surface area contributed by atoms with Gasteiger partial charge in [-0.25, -0.2) is 9.97 Å². The first-order chi connectivity index (χ1) is 63.2. The number of aliphatic hydroxyl groups is 2. The maximum atomic E-state index is 15.4. The van der Waals surface area contributed by atoms with Crippen molar-refractivity contribution in [1.82, 2.24) is 115 Å². The molecule has 4 aromatic heterocycles. The fourth-order valence-corrected chi connectivity index (χ4v) is 13.8. The van der Waals surface area contributed by atoms with Gasteiger partial charge in [-0.1, -0.05) is 62.4 Å². The lowest BCUT2D eigenvalue weighted by molar-refractivity contribution is -0.141. The predicted molar refractivity (Wildman–Crippen MR) is 474 cm³/mol. The van der Waals surface area contributed by atoms with E-state index >= 15 is 14.4 Å². The van der Waals surface area contributed by atoms with E-state index in [9.17, 15) is 107 Å². The van der Waals surface area contributed by atoms with E-state index in [0.29, 0.717) is 38.5 Å². The molecule has 716 valence electrons. The summed E-state index contributed by atoms with van der Waals surface area (Å²) < 4.78 is 0. The fraction of sp³-hybridized carbons (Fsp3) is 0.415. The van der Waals surface area contributed by atoms with E-state index in [4.69, 9.17) is 11.5 Å².